The molecule has 2 amide bonds. The third kappa shape index (κ3) is 5.48. The average Bonchev–Trinajstić information content (AvgIpc) is 2.79. The van der Waals surface area contributed by atoms with Gasteiger partial charge < -0.3 is 24.8 Å². The van der Waals surface area contributed by atoms with E-state index >= 15 is 0 Å². The highest BCUT2D eigenvalue weighted by molar-refractivity contribution is 5.95. The molecular weight excluding hydrogens is 420 g/mol. The van der Waals surface area contributed by atoms with Gasteiger partial charge in [-0.1, -0.05) is 43.7 Å². The lowest BCUT2D eigenvalue weighted by atomic mass is 9.91. The molecule has 176 valence electrons. The molecule has 0 spiro atoms. The second kappa shape index (κ2) is 10.4. The van der Waals surface area contributed by atoms with Crippen LogP contribution in [-0.4, -0.2) is 25.7 Å². The molecule has 2 aromatic rings. The monoisotopic (exact) mass is 452 g/mol. The van der Waals surface area contributed by atoms with Crippen LogP contribution in [-0.2, 0) is 16.1 Å². The fourth-order valence-corrected chi connectivity index (χ4v) is 3.83. The molecule has 2 aromatic carbocycles. The van der Waals surface area contributed by atoms with Crippen LogP contribution < -0.4 is 20.1 Å². The topological polar surface area (TPSA) is 85.9 Å². The van der Waals surface area contributed by atoms with Gasteiger partial charge in [0.2, 0.25) is 0 Å². The number of nitrogens with one attached hydrogen (secondary N) is 2. The van der Waals surface area contributed by atoms with E-state index in [1.165, 1.54) is 12.7 Å². The van der Waals surface area contributed by atoms with Crippen molar-refractivity contribution < 1.29 is 23.8 Å². The van der Waals surface area contributed by atoms with Crippen LogP contribution in [0.4, 0.5) is 4.79 Å². The zero-order valence-corrected chi connectivity index (χ0v) is 20.1. The van der Waals surface area contributed by atoms with Crippen LogP contribution in [0, 0.1) is 19.8 Å². The highest BCUT2D eigenvalue weighted by Crippen LogP contribution is 2.36. The molecule has 0 radical (unpaired) electrons. The molecule has 7 heteroatoms. The Kier molecular flexibility index (Phi) is 7.63. The van der Waals surface area contributed by atoms with Gasteiger partial charge in [0.1, 0.15) is 6.61 Å². The van der Waals surface area contributed by atoms with E-state index in [-0.39, 0.29) is 11.9 Å². The molecule has 33 heavy (non-hydrogen) atoms. The maximum atomic E-state index is 12.6. The lowest BCUT2D eigenvalue weighted by molar-refractivity contribution is -0.136. The Labute approximate surface area is 195 Å². The Morgan fingerprint density at radius 2 is 1.82 bits per heavy atom. The molecule has 1 atom stereocenters. The predicted molar refractivity (Wildman–Crippen MR) is 126 cm³/mol. The van der Waals surface area contributed by atoms with Gasteiger partial charge in [-0.3, -0.25) is 0 Å². The van der Waals surface area contributed by atoms with Gasteiger partial charge in [-0.05, 0) is 55.5 Å². The molecular formula is C26H32N2O5. The van der Waals surface area contributed by atoms with E-state index in [1.807, 2.05) is 32.9 Å². The zero-order valence-electron chi connectivity index (χ0n) is 20.1. The molecule has 3 rings (SSSR count). The summed E-state index contributed by atoms with van der Waals surface area (Å²) >= 11 is 0. The van der Waals surface area contributed by atoms with Gasteiger partial charge in [0.05, 0.1) is 25.3 Å². The quantitative estimate of drug-likeness (QED) is 0.566. The van der Waals surface area contributed by atoms with Crippen LogP contribution >= 0.6 is 0 Å². The van der Waals surface area contributed by atoms with Gasteiger partial charge in [0.25, 0.3) is 0 Å². The zero-order chi connectivity index (χ0) is 24.1. The number of methoxy groups -OCH3 is 1. The number of amides is 2. The molecule has 1 unspecified atom stereocenters. The van der Waals surface area contributed by atoms with Crippen molar-refractivity contribution in [1.82, 2.24) is 10.6 Å². The molecule has 0 fully saturated rings. The first-order valence-electron chi connectivity index (χ1n) is 11.1. The third-order valence-electron chi connectivity index (χ3n) is 5.57. The minimum absolute atomic E-state index is 0.0702. The van der Waals surface area contributed by atoms with Crippen LogP contribution in [0.25, 0.3) is 0 Å². The number of hydrogen-bond donors (Lipinski definition) is 2. The van der Waals surface area contributed by atoms with E-state index in [9.17, 15) is 9.59 Å². The summed E-state index contributed by atoms with van der Waals surface area (Å²) in [5.41, 5.74) is 5.05. The first-order chi connectivity index (χ1) is 15.7. The number of esters is 1. The standard InChI is InChI=1S/C26H32N2O5/c1-7-32-21-13-18(10-11-20(21)33-14-19-12-16(4)8-9-17(19)5)24-22(25(29)31-6)23(15(2)3)27-26(30)28-24/h8-13,15,24H,7,14H2,1-6H3,(H2,27,28,30). The van der Waals surface area contributed by atoms with E-state index in [2.05, 4.69) is 42.7 Å². The molecule has 1 aliphatic rings. The summed E-state index contributed by atoms with van der Waals surface area (Å²) < 4.78 is 17.0. The highest BCUT2D eigenvalue weighted by Gasteiger charge is 2.34. The molecule has 0 saturated heterocycles. The lowest BCUT2D eigenvalue weighted by Gasteiger charge is -2.31. The van der Waals surface area contributed by atoms with E-state index in [0.29, 0.717) is 41.5 Å². The second-order valence-corrected chi connectivity index (χ2v) is 8.36. The molecule has 7 nitrogen and oxygen atoms in total. The molecule has 1 aliphatic heterocycles. The van der Waals surface area contributed by atoms with Crippen molar-refractivity contribution in [3.8, 4) is 11.5 Å². The number of carbonyl (C=O) groups excluding carboxylic acids is 2. The number of aryl methyl sites for hydroxylation is 2. The summed E-state index contributed by atoms with van der Waals surface area (Å²) in [4.78, 5) is 25.0. The van der Waals surface area contributed by atoms with Crippen molar-refractivity contribution in [3.05, 3.63) is 69.9 Å². The Hall–Kier alpha value is -3.48. The first kappa shape index (κ1) is 24.2. The molecule has 0 bridgehead atoms. The molecule has 0 saturated carbocycles. The minimum Gasteiger partial charge on any atom is -0.490 e. The molecule has 2 N–H and O–H groups in total. The van der Waals surface area contributed by atoms with Crippen molar-refractivity contribution in [2.24, 2.45) is 5.92 Å². The van der Waals surface area contributed by atoms with Gasteiger partial charge in [0.15, 0.2) is 11.5 Å². The Balaban J connectivity index is 1.97. The van der Waals surface area contributed by atoms with Crippen molar-refractivity contribution in [2.45, 2.75) is 47.3 Å². The Morgan fingerprint density at radius 3 is 2.48 bits per heavy atom. The summed E-state index contributed by atoms with van der Waals surface area (Å²) in [6.45, 7) is 10.7. The molecule has 0 aliphatic carbocycles. The van der Waals surface area contributed by atoms with Gasteiger partial charge in [0, 0.05) is 5.70 Å². The minimum atomic E-state index is -0.670. The van der Waals surface area contributed by atoms with E-state index in [1.54, 1.807) is 6.07 Å². The lowest BCUT2D eigenvalue weighted by Crippen LogP contribution is -2.47. The fourth-order valence-electron chi connectivity index (χ4n) is 3.83. The predicted octanol–water partition coefficient (Wildman–Crippen LogP) is 4.72. The smallest absolute Gasteiger partial charge is 0.337 e. The van der Waals surface area contributed by atoms with Gasteiger partial charge in [-0.25, -0.2) is 9.59 Å². The normalized spacial score (nSPS) is 15.7. The highest BCUT2D eigenvalue weighted by atomic mass is 16.5. The van der Waals surface area contributed by atoms with Gasteiger partial charge in [-0.2, -0.15) is 0 Å². The SMILES string of the molecule is CCOc1cc(C2NC(=O)NC(C(C)C)=C2C(=O)OC)ccc1OCc1cc(C)ccc1C. The fraction of sp³-hybridized carbons (Fsp3) is 0.385. The second-order valence-electron chi connectivity index (χ2n) is 8.36. The first-order valence-corrected chi connectivity index (χ1v) is 11.1. The summed E-state index contributed by atoms with van der Waals surface area (Å²) in [6.07, 6.45) is 0. The van der Waals surface area contributed by atoms with Gasteiger partial charge in [-0.15, -0.1) is 0 Å². The number of carbonyl (C=O) groups is 2. The Morgan fingerprint density at radius 1 is 1.06 bits per heavy atom. The van der Waals surface area contributed by atoms with Crippen LogP contribution in [0.1, 0.15) is 49.1 Å². The van der Waals surface area contributed by atoms with E-state index < -0.39 is 12.0 Å². The van der Waals surface area contributed by atoms with Crippen LogP contribution in [0.2, 0.25) is 0 Å². The summed E-state index contributed by atoms with van der Waals surface area (Å²) in [6, 6.07) is 10.7. The van der Waals surface area contributed by atoms with Crippen LogP contribution in [0.15, 0.2) is 47.7 Å². The largest absolute Gasteiger partial charge is 0.490 e. The summed E-state index contributed by atoms with van der Waals surface area (Å²) in [7, 11) is 1.33. The maximum absolute atomic E-state index is 12.6. The number of ether oxygens (including phenoxy) is 3. The Bertz CT molecular complexity index is 1070. The van der Waals surface area contributed by atoms with E-state index in [4.69, 9.17) is 14.2 Å². The number of allylic oxidation sites excluding steroid dienone is 1. The third-order valence-corrected chi connectivity index (χ3v) is 5.57. The number of rotatable bonds is 8. The van der Waals surface area contributed by atoms with Crippen molar-refractivity contribution in [1.29, 1.82) is 0 Å². The summed E-state index contributed by atoms with van der Waals surface area (Å²) in [5.74, 6) is 0.571. The number of hydrogen-bond acceptors (Lipinski definition) is 5. The van der Waals surface area contributed by atoms with Gasteiger partial charge >= 0.3 is 12.0 Å². The van der Waals surface area contributed by atoms with Crippen molar-refractivity contribution in [2.75, 3.05) is 13.7 Å². The van der Waals surface area contributed by atoms with Crippen LogP contribution in [0.5, 0.6) is 11.5 Å². The van der Waals surface area contributed by atoms with E-state index in [0.717, 1.165) is 11.1 Å². The maximum Gasteiger partial charge on any atom is 0.337 e. The average molecular weight is 453 g/mol. The molecule has 0 aromatic heterocycles. The number of benzene rings is 2. The number of urea groups is 1. The summed E-state index contributed by atoms with van der Waals surface area (Å²) in [5, 5.41) is 5.59. The van der Waals surface area contributed by atoms with Crippen LogP contribution in [0.3, 0.4) is 0 Å². The van der Waals surface area contributed by atoms with Crippen molar-refractivity contribution >= 4 is 12.0 Å². The molecule has 1 heterocycles. The van der Waals surface area contributed by atoms with Crippen molar-refractivity contribution in [3.63, 3.8) is 0 Å².